The van der Waals surface area contributed by atoms with Gasteiger partial charge in [-0.1, -0.05) is 6.07 Å². The summed E-state index contributed by atoms with van der Waals surface area (Å²) in [5, 5.41) is 11.8. The molecule has 1 aromatic carbocycles. The van der Waals surface area contributed by atoms with Crippen LogP contribution in [0, 0.1) is 6.92 Å². The van der Waals surface area contributed by atoms with Crippen molar-refractivity contribution in [3.8, 4) is 5.75 Å². The van der Waals surface area contributed by atoms with Crippen molar-refractivity contribution in [2.45, 2.75) is 13.3 Å². The smallest absolute Gasteiger partial charge is 0.328 e. The lowest BCUT2D eigenvalue weighted by molar-refractivity contribution is -0.120. The molecule has 1 aliphatic heterocycles. The van der Waals surface area contributed by atoms with E-state index in [2.05, 4.69) is 5.32 Å². The molecule has 1 saturated heterocycles. The fourth-order valence-corrected chi connectivity index (χ4v) is 1.70. The van der Waals surface area contributed by atoms with E-state index in [-0.39, 0.29) is 18.1 Å². The molecule has 0 unspecified atom stereocenters. The summed E-state index contributed by atoms with van der Waals surface area (Å²) < 4.78 is 0. The normalized spacial score (nSPS) is 16.2. The van der Waals surface area contributed by atoms with Gasteiger partial charge in [0.15, 0.2) is 0 Å². The zero-order valence-electron chi connectivity index (χ0n) is 8.86. The van der Waals surface area contributed by atoms with Crippen LogP contribution in [0.15, 0.2) is 18.2 Å². The second-order valence-electron chi connectivity index (χ2n) is 3.68. The number of anilines is 1. The van der Waals surface area contributed by atoms with Crippen molar-refractivity contribution in [1.29, 1.82) is 0 Å². The predicted octanol–water partition coefficient (Wildman–Crippen LogP) is 1.15. The predicted molar refractivity (Wildman–Crippen MR) is 58.3 cm³/mol. The molecule has 5 heteroatoms. The Morgan fingerprint density at radius 2 is 2.12 bits per heavy atom. The summed E-state index contributed by atoms with van der Waals surface area (Å²) in [6.45, 7) is 2.07. The SMILES string of the molecule is Cc1c(O)cccc1N1CCC(=O)NC1=O. The Labute approximate surface area is 92.7 Å². The number of nitrogens with zero attached hydrogens (tertiary/aromatic N) is 1. The van der Waals surface area contributed by atoms with Gasteiger partial charge < -0.3 is 5.11 Å². The van der Waals surface area contributed by atoms with Crippen molar-refractivity contribution in [3.63, 3.8) is 0 Å². The van der Waals surface area contributed by atoms with Crippen molar-refractivity contribution in [2.75, 3.05) is 11.4 Å². The van der Waals surface area contributed by atoms with E-state index in [9.17, 15) is 14.7 Å². The third-order valence-electron chi connectivity index (χ3n) is 2.62. The summed E-state index contributed by atoms with van der Waals surface area (Å²) in [5.74, 6) is -0.124. The Morgan fingerprint density at radius 3 is 2.81 bits per heavy atom. The summed E-state index contributed by atoms with van der Waals surface area (Å²) in [6, 6.07) is 4.53. The molecule has 0 bridgehead atoms. The van der Waals surface area contributed by atoms with Crippen molar-refractivity contribution >= 4 is 17.6 Å². The molecule has 1 fully saturated rings. The Hall–Kier alpha value is -2.04. The Morgan fingerprint density at radius 1 is 1.38 bits per heavy atom. The molecule has 0 atom stereocenters. The lowest BCUT2D eigenvalue weighted by atomic mass is 10.1. The minimum Gasteiger partial charge on any atom is -0.508 e. The molecule has 1 heterocycles. The van der Waals surface area contributed by atoms with Crippen LogP contribution in [0.4, 0.5) is 10.5 Å². The van der Waals surface area contributed by atoms with Gasteiger partial charge in [0.05, 0.1) is 5.69 Å². The van der Waals surface area contributed by atoms with Gasteiger partial charge in [-0.2, -0.15) is 0 Å². The third-order valence-corrected chi connectivity index (χ3v) is 2.62. The minimum atomic E-state index is -0.440. The maximum Gasteiger partial charge on any atom is 0.328 e. The highest BCUT2D eigenvalue weighted by Crippen LogP contribution is 2.28. The number of aromatic hydroxyl groups is 1. The van der Waals surface area contributed by atoms with Crippen molar-refractivity contribution in [3.05, 3.63) is 23.8 Å². The second-order valence-corrected chi connectivity index (χ2v) is 3.68. The van der Waals surface area contributed by atoms with Gasteiger partial charge >= 0.3 is 6.03 Å². The molecular formula is C11H12N2O3. The zero-order chi connectivity index (χ0) is 11.7. The van der Waals surface area contributed by atoms with Crippen LogP contribution in [0.2, 0.25) is 0 Å². The number of hydrogen-bond acceptors (Lipinski definition) is 3. The number of rotatable bonds is 1. The van der Waals surface area contributed by atoms with Gasteiger partial charge in [0.25, 0.3) is 0 Å². The first-order valence-electron chi connectivity index (χ1n) is 4.99. The van der Waals surface area contributed by atoms with E-state index in [1.165, 1.54) is 4.90 Å². The lowest BCUT2D eigenvalue weighted by Crippen LogP contribution is -2.49. The van der Waals surface area contributed by atoms with Crippen LogP contribution in [0.1, 0.15) is 12.0 Å². The van der Waals surface area contributed by atoms with Crippen LogP contribution in [0.25, 0.3) is 0 Å². The molecule has 0 aromatic heterocycles. The van der Waals surface area contributed by atoms with Crippen LogP contribution < -0.4 is 10.2 Å². The molecule has 84 valence electrons. The summed E-state index contributed by atoms with van der Waals surface area (Å²) >= 11 is 0. The topological polar surface area (TPSA) is 69.6 Å². The Balaban J connectivity index is 2.34. The fraction of sp³-hybridized carbons (Fsp3) is 0.273. The minimum absolute atomic E-state index is 0.141. The Kier molecular flexibility index (Phi) is 2.52. The first kappa shape index (κ1) is 10.5. The molecule has 0 spiro atoms. The van der Waals surface area contributed by atoms with Gasteiger partial charge in [-0.25, -0.2) is 4.79 Å². The van der Waals surface area contributed by atoms with E-state index >= 15 is 0 Å². The van der Waals surface area contributed by atoms with Crippen LogP contribution in [-0.2, 0) is 4.79 Å². The number of nitrogens with one attached hydrogen (secondary N) is 1. The summed E-state index contributed by atoms with van der Waals surface area (Å²) in [6.07, 6.45) is 0.279. The van der Waals surface area contributed by atoms with Crippen molar-refractivity contribution in [2.24, 2.45) is 0 Å². The highest BCUT2D eigenvalue weighted by molar-refractivity contribution is 6.06. The molecule has 2 N–H and O–H groups in total. The maximum atomic E-state index is 11.6. The molecule has 0 radical (unpaired) electrons. The number of phenols is 1. The van der Waals surface area contributed by atoms with Gasteiger partial charge in [0, 0.05) is 18.5 Å². The first-order valence-corrected chi connectivity index (χ1v) is 4.99. The second kappa shape index (κ2) is 3.84. The van der Waals surface area contributed by atoms with E-state index in [1.807, 2.05) is 0 Å². The molecule has 3 amide bonds. The molecule has 1 aromatic rings. The number of phenolic OH excluding ortho intramolecular Hbond substituents is 1. The van der Waals surface area contributed by atoms with Crippen LogP contribution in [-0.4, -0.2) is 23.6 Å². The molecule has 1 aliphatic rings. The average Bonchev–Trinajstić information content (AvgIpc) is 2.23. The van der Waals surface area contributed by atoms with E-state index in [0.29, 0.717) is 17.8 Å². The van der Waals surface area contributed by atoms with Crippen molar-refractivity contribution in [1.82, 2.24) is 5.32 Å². The molecular weight excluding hydrogens is 208 g/mol. The highest BCUT2D eigenvalue weighted by Gasteiger charge is 2.25. The van der Waals surface area contributed by atoms with Gasteiger partial charge in [0.1, 0.15) is 5.75 Å². The number of urea groups is 1. The van der Waals surface area contributed by atoms with Gasteiger partial charge in [0.2, 0.25) is 5.91 Å². The fourth-order valence-electron chi connectivity index (χ4n) is 1.70. The van der Waals surface area contributed by atoms with Gasteiger partial charge in [-0.15, -0.1) is 0 Å². The van der Waals surface area contributed by atoms with Crippen molar-refractivity contribution < 1.29 is 14.7 Å². The van der Waals surface area contributed by atoms with Gasteiger partial charge in [-0.3, -0.25) is 15.0 Å². The van der Waals surface area contributed by atoms with E-state index < -0.39 is 6.03 Å². The monoisotopic (exact) mass is 220 g/mol. The number of hydrogen-bond donors (Lipinski definition) is 2. The lowest BCUT2D eigenvalue weighted by Gasteiger charge is -2.27. The zero-order valence-corrected chi connectivity index (χ0v) is 8.86. The summed E-state index contributed by atoms with van der Waals surface area (Å²) in [5.41, 5.74) is 1.26. The molecule has 0 saturated carbocycles. The molecule has 16 heavy (non-hydrogen) atoms. The summed E-state index contributed by atoms with van der Waals surface area (Å²) in [7, 11) is 0. The number of carbonyl (C=O) groups is 2. The van der Waals surface area contributed by atoms with Crippen LogP contribution >= 0.6 is 0 Å². The standard InChI is InChI=1S/C11H12N2O3/c1-7-8(3-2-4-9(7)14)13-6-5-10(15)12-11(13)16/h2-4,14H,5-6H2,1H3,(H,12,15,16). The number of carbonyl (C=O) groups excluding carboxylic acids is 2. The quantitative estimate of drug-likeness (QED) is 0.745. The highest BCUT2D eigenvalue weighted by atomic mass is 16.3. The van der Waals surface area contributed by atoms with E-state index in [0.717, 1.165) is 0 Å². The summed E-state index contributed by atoms with van der Waals surface area (Å²) in [4.78, 5) is 24.0. The third kappa shape index (κ3) is 1.71. The van der Waals surface area contributed by atoms with Gasteiger partial charge in [-0.05, 0) is 19.1 Å². The molecule has 5 nitrogen and oxygen atoms in total. The molecule has 0 aliphatic carbocycles. The van der Waals surface area contributed by atoms with E-state index in [1.54, 1.807) is 25.1 Å². The average molecular weight is 220 g/mol. The largest absolute Gasteiger partial charge is 0.508 e. The number of amides is 3. The first-order chi connectivity index (χ1) is 7.59. The van der Waals surface area contributed by atoms with E-state index in [4.69, 9.17) is 0 Å². The Bertz CT molecular complexity index is 457. The van der Waals surface area contributed by atoms with Crippen LogP contribution in [0.3, 0.4) is 0 Å². The number of imide groups is 1. The maximum absolute atomic E-state index is 11.6. The number of benzene rings is 1. The van der Waals surface area contributed by atoms with Crippen LogP contribution in [0.5, 0.6) is 5.75 Å². The molecule has 2 rings (SSSR count).